The van der Waals surface area contributed by atoms with Crippen LogP contribution in [-0.4, -0.2) is 38.2 Å². The molecule has 2 heterocycles. The molecule has 6 heteroatoms. The highest BCUT2D eigenvalue weighted by Crippen LogP contribution is 2.57. The number of piperidine rings is 1. The summed E-state index contributed by atoms with van der Waals surface area (Å²) in [7, 11) is 1.58. The smallest absolute Gasteiger partial charge is 0.145 e. The standard InChI is InChI=1S/C30H35F2N3O/c1-29(2,3)18-34-15-13-30(14-16-34)19-35(24-8-6-5-7-23(24)33)28-25(36-4)17-22(32)26(27(28)30)20-9-11-21(31)12-10-20/h5-12,17H,13-16,18-19,33H2,1-4H3. The number of fused-ring (bicyclic) bond motifs is 2. The van der Waals surface area contributed by atoms with Gasteiger partial charge in [0.25, 0.3) is 0 Å². The highest BCUT2D eigenvalue weighted by molar-refractivity contribution is 5.89. The molecule has 3 aromatic rings. The number of hydrogen-bond acceptors (Lipinski definition) is 4. The molecule has 1 spiro atoms. The van der Waals surface area contributed by atoms with Crippen molar-refractivity contribution in [3.63, 3.8) is 0 Å². The van der Waals surface area contributed by atoms with Crippen molar-refractivity contribution in [3.05, 3.63) is 71.8 Å². The van der Waals surface area contributed by atoms with Crippen molar-refractivity contribution in [3.8, 4) is 16.9 Å². The summed E-state index contributed by atoms with van der Waals surface area (Å²) in [6.07, 6.45) is 1.78. The molecule has 36 heavy (non-hydrogen) atoms. The van der Waals surface area contributed by atoms with Gasteiger partial charge < -0.3 is 20.3 Å². The highest BCUT2D eigenvalue weighted by atomic mass is 19.1. The van der Waals surface area contributed by atoms with E-state index in [1.54, 1.807) is 19.2 Å². The number of anilines is 3. The topological polar surface area (TPSA) is 41.7 Å². The van der Waals surface area contributed by atoms with E-state index in [0.29, 0.717) is 29.1 Å². The Morgan fingerprint density at radius 3 is 2.28 bits per heavy atom. The lowest BCUT2D eigenvalue weighted by atomic mass is 9.71. The fraction of sp³-hybridized carbons (Fsp3) is 0.400. The molecule has 2 aliphatic heterocycles. The number of nitrogen functional groups attached to an aromatic ring is 1. The van der Waals surface area contributed by atoms with Crippen LogP contribution in [0.3, 0.4) is 0 Å². The Labute approximate surface area is 212 Å². The third-order valence-electron chi connectivity index (χ3n) is 7.57. The number of rotatable bonds is 4. The molecule has 0 amide bonds. The first-order valence-corrected chi connectivity index (χ1v) is 12.6. The minimum Gasteiger partial charge on any atom is -0.494 e. The molecule has 2 N–H and O–H groups in total. The normalized spacial score (nSPS) is 17.4. The van der Waals surface area contributed by atoms with Crippen LogP contribution in [0.2, 0.25) is 0 Å². The summed E-state index contributed by atoms with van der Waals surface area (Å²) in [5.41, 5.74) is 10.9. The summed E-state index contributed by atoms with van der Waals surface area (Å²) in [5.74, 6) is -0.199. The minimum absolute atomic E-state index is 0.206. The van der Waals surface area contributed by atoms with E-state index in [1.165, 1.54) is 18.2 Å². The van der Waals surface area contributed by atoms with Crippen molar-refractivity contribution in [2.75, 3.05) is 43.9 Å². The lowest BCUT2D eigenvalue weighted by Gasteiger charge is -2.42. The summed E-state index contributed by atoms with van der Waals surface area (Å²) >= 11 is 0. The van der Waals surface area contributed by atoms with Crippen LogP contribution in [0.1, 0.15) is 39.2 Å². The van der Waals surface area contributed by atoms with Crippen LogP contribution in [0.25, 0.3) is 11.1 Å². The SMILES string of the molecule is COc1cc(F)c(-c2ccc(F)cc2)c2c1N(c1ccccc1N)CC21CCN(CC(C)(C)C)CC1. The van der Waals surface area contributed by atoms with E-state index in [4.69, 9.17) is 10.5 Å². The molecule has 3 aromatic carbocycles. The lowest BCUT2D eigenvalue weighted by molar-refractivity contribution is 0.125. The maximum atomic E-state index is 15.9. The fourth-order valence-corrected chi connectivity index (χ4v) is 6.07. The molecule has 0 aromatic heterocycles. The largest absolute Gasteiger partial charge is 0.494 e. The van der Waals surface area contributed by atoms with Crippen LogP contribution in [-0.2, 0) is 5.41 Å². The van der Waals surface area contributed by atoms with Crippen molar-refractivity contribution >= 4 is 17.1 Å². The zero-order chi connectivity index (χ0) is 25.7. The van der Waals surface area contributed by atoms with E-state index in [-0.39, 0.29) is 22.5 Å². The van der Waals surface area contributed by atoms with Crippen LogP contribution >= 0.6 is 0 Å². The number of halogens is 2. The average Bonchev–Trinajstić information content (AvgIpc) is 3.15. The molecule has 190 valence electrons. The van der Waals surface area contributed by atoms with E-state index in [1.807, 2.05) is 24.3 Å². The second-order valence-electron chi connectivity index (χ2n) is 11.4. The van der Waals surface area contributed by atoms with Crippen molar-refractivity contribution in [1.29, 1.82) is 0 Å². The van der Waals surface area contributed by atoms with Crippen molar-refractivity contribution in [1.82, 2.24) is 4.90 Å². The second kappa shape index (κ2) is 9.07. The summed E-state index contributed by atoms with van der Waals surface area (Å²) in [6.45, 7) is 10.3. The number of ether oxygens (including phenoxy) is 1. The first-order valence-electron chi connectivity index (χ1n) is 12.6. The van der Waals surface area contributed by atoms with Gasteiger partial charge in [-0.3, -0.25) is 0 Å². The van der Waals surface area contributed by atoms with Gasteiger partial charge in [-0.05, 0) is 66.7 Å². The first-order chi connectivity index (χ1) is 17.1. The molecule has 0 unspecified atom stereocenters. The predicted molar refractivity (Wildman–Crippen MR) is 143 cm³/mol. The molecular formula is C30H35F2N3O. The number of para-hydroxylation sites is 2. The van der Waals surface area contributed by atoms with Crippen LogP contribution in [0, 0.1) is 17.0 Å². The third kappa shape index (κ3) is 4.32. The molecule has 4 nitrogen and oxygen atoms in total. The van der Waals surface area contributed by atoms with Crippen molar-refractivity contribution < 1.29 is 13.5 Å². The lowest BCUT2D eigenvalue weighted by Crippen LogP contribution is -2.47. The van der Waals surface area contributed by atoms with Crippen molar-refractivity contribution in [2.24, 2.45) is 5.41 Å². The Morgan fingerprint density at radius 2 is 1.67 bits per heavy atom. The zero-order valence-corrected chi connectivity index (χ0v) is 21.6. The zero-order valence-electron chi connectivity index (χ0n) is 21.6. The summed E-state index contributed by atoms with van der Waals surface area (Å²) in [4.78, 5) is 4.72. The van der Waals surface area contributed by atoms with Gasteiger partial charge in [0.2, 0.25) is 0 Å². The Kier molecular flexibility index (Phi) is 6.19. The number of hydrogen-bond donors (Lipinski definition) is 1. The van der Waals surface area contributed by atoms with E-state index in [9.17, 15) is 4.39 Å². The Hall–Kier alpha value is -3.12. The monoisotopic (exact) mass is 491 g/mol. The van der Waals surface area contributed by atoms with E-state index in [0.717, 1.165) is 49.4 Å². The molecular weight excluding hydrogens is 456 g/mol. The Bertz CT molecular complexity index is 1260. The molecule has 0 aliphatic carbocycles. The van der Waals surface area contributed by atoms with Gasteiger partial charge in [0.15, 0.2) is 0 Å². The van der Waals surface area contributed by atoms with Gasteiger partial charge in [-0.2, -0.15) is 0 Å². The predicted octanol–water partition coefficient (Wildman–Crippen LogP) is 6.75. The van der Waals surface area contributed by atoms with Crippen molar-refractivity contribution in [2.45, 2.75) is 39.0 Å². The molecule has 0 atom stereocenters. The molecule has 2 aliphatic rings. The fourth-order valence-electron chi connectivity index (χ4n) is 6.07. The maximum Gasteiger partial charge on any atom is 0.145 e. The Morgan fingerprint density at radius 1 is 1.00 bits per heavy atom. The number of nitrogens with two attached hydrogens (primary N) is 1. The second-order valence-corrected chi connectivity index (χ2v) is 11.4. The number of benzene rings is 3. The first kappa shape index (κ1) is 24.6. The summed E-state index contributed by atoms with van der Waals surface area (Å²) in [6, 6.07) is 15.4. The van der Waals surface area contributed by atoms with E-state index >= 15 is 4.39 Å². The summed E-state index contributed by atoms with van der Waals surface area (Å²) in [5, 5.41) is 0. The molecule has 0 radical (unpaired) electrons. The van der Waals surface area contributed by atoms with Gasteiger partial charge in [-0.25, -0.2) is 8.78 Å². The van der Waals surface area contributed by atoms with Gasteiger partial charge in [-0.1, -0.05) is 45.0 Å². The van der Waals surface area contributed by atoms with Crippen LogP contribution in [0.4, 0.5) is 25.8 Å². The number of nitrogens with zero attached hydrogens (tertiary/aromatic N) is 2. The quantitative estimate of drug-likeness (QED) is 0.410. The Balaban J connectivity index is 1.70. The number of methoxy groups -OCH3 is 1. The molecule has 0 bridgehead atoms. The maximum absolute atomic E-state index is 15.9. The van der Waals surface area contributed by atoms with E-state index < -0.39 is 0 Å². The van der Waals surface area contributed by atoms with E-state index in [2.05, 4.69) is 30.6 Å². The van der Waals surface area contributed by atoms with Crippen LogP contribution < -0.4 is 15.4 Å². The molecule has 5 rings (SSSR count). The van der Waals surface area contributed by atoms with Gasteiger partial charge in [0, 0.05) is 30.1 Å². The minimum atomic E-state index is -0.350. The molecule has 1 saturated heterocycles. The van der Waals surface area contributed by atoms with Gasteiger partial charge in [0.05, 0.1) is 24.2 Å². The van der Waals surface area contributed by atoms with Gasteiger partial charge >= 0.3 is 0 Å². The number of likely N-dealkylation sites (tertiary alicyclic amines) is 1. The third-order valence-corrected chi connectivity index (χ3v) is 7.57. The summed E-state index contributed by atoms with van der Waals surface area (Å²) < 4.78 is 35.5. The van der Waals surface area contributed by atoms with Gasteiger partial charge in [-0.15, -0.1) is 0 Å². The average molecular weight is 492 g/mol. The van der Waals surface area contributed by atoms with Crippen LogP contribution in [0.15, 0.2) is 54.6 Å². The highest BCUT2D eigenvalue weighted by Gasteiger charge is 2.49. The molecule has 0 saturated carbocycles. The van der Waals surface area contributed by atoms with Gasteiger partial charge in [0.1, 0.15) is 17.4 Å². The van der Waals surface area contributed by atoms with Crippen LogP contribution in [0.5, 0.6) is 5.75 Å². The molecule has 1 fully saturated rings.